The van der Waals surface area contributed by atoms with E-state index in [2.05, 4.69) is 9.97 Å². The van der Waals surface area contributed by atoms with Crippen molar-refractivity contribution in [2.45, 2.75) is 13.5 Å². The van der Waals surface area contributed by atoms with E-state index >= 15 is 0 Å². The van der Waals surface area contributed by atoms with Crippen LogP contribution in [-0.2, 0) is 11.3 Å². The first-order valence-electron chi connectivity index (χ1n) is 7.09. The van der Waals surface area contributed by atoms with Gasteiger partial charge in [-0.2, -0.15) is 0 Å². The monoisotopic (exact) mass is 282 g/mol. The minimum atomic E-state index is 0.121. The molecule has 0 unspecified atom stereocenters. The molecule has 1 saturated heterocycles. The fourth-order valence-electron chi connectivity index (χ4n) is 2.44. The van der Waals surface area contributed by atoms with Gasteiger partial charge in [0.1, 0.15) is 6.54 Å². The Kier molecular flexibility index (Phi) is 3.81. The molecular formula is C16H18N4O. The van der Waals surface area contributed by atoms with Crippen LogP contribution in [0.15, 0.2) is 42.6 Å². The number of amides is 1. The average Bonchev–Trinajstić information content (AvgIpc) is 2.50. The van der Waals surface area contributed by atoms with Crippen LogP contribution in [0.5, 0.6) is 0 Å². The number of hydrogen-bond donors (Lipinski definition) is 0. The van der Waals surface area contributed by atoms with Crippen LogP contribution in [0, 0.1) is 6.92 Å². The minimum absolute atomic E-state index is 0.121. The van der Waals surface area contributed by atoms with E-state index < -0.39 is 0 Å². The number of benzene rings is 1. The second kappa shape index (κ2) is 5.91. The zero-order valence-corrected chi connectivity index (χ0v) is 12.1. The molecule has 0 saturated carbocycles. The van der Waals surface area contributed by atoms with Gasteiger partial charge in [0.25, 0.3) is 0 Å². The Morgan fingerprint density at radius 2 is 1.95 bits per heavy atom. The molecule has 3 rings (SSSR count). The molecule has 1 aromatic heterocycles. The van der Waals surface area contributed by atoms with E-state index in [4.69, 9.17) is 0 Å². The number of rotatable bonds is 3. The third-order valence-electron chi connectivity index (χ3n) is 3.60. The lowest BCUT2D eigenvalue weighted by Crippen LogP contribution is -2.50. The molecule has 1 aliphatic rings. The van der Waals surface area contributed by atoms with Gasteiger partial charge < -0.3 is 9.80 Å². The first-order valence-corrected chi connectivity index (χ1v) is 7.09. The molecule has 1 aromatic carbocycles. The Bertz CT molecular complexity index is 629. The predicted octanol–water partition coefficient (Wildman–Crippen LogP) is 1.63. The predicted molar refractivity (Wildman–Crippen MR) is 80.8 cm³/mol. The number of hydrogen-bond acceptors (Lipinski definition) is 4. The van der Waals surface area contributed by atoms with Crippen LogP contribution in [0.1, 0.15) is 11.3 Å². The molecule has 1 aliphatic heterocycles. The Hall–Kier alpha value is -2.43. The summed E-state index contributed by atoms with van der Waals surface area (Å²) in [5.74, 6) is 0.762. The molecule has 0 bridgehead atoms. The van der Waals surface area contributed by atoms with Gasteiger partial charge in [-0.3, -0.25) is 4.79 Å². The Morgan fingerprint density at radius 3 is 2.67 bits per heavy atom. The molecule has 5 nitrogen and oxygen atoms in total. The quantitative estimate of drug-likeness (QED) is 0.858. The van der Waals surface area contributed by atoms with Crippen molar-refractivity contribution in [1.29, 1.82) is 0 Å². The lowest BCUT2D eigenvalue weighted by atomic mass is 10.2. The van der Waals surface area contributed by atoms with Crippen molar-refractivity contribution >= 4 is 11.9 Å². The third kappa shape index (κ3) is 3.18. The van der Waals surface area contributed by atoms with Gasteiger partial charge in [-0.05, 0) is 18.6 Å². The highest BCUT2D eigenvalue weighted by atomic mass is 16.2. The van der Waals surface area contributed by atoms with Gasteiger partial charge >= 0.3 is 0 Å². The normalized spacial score (nSPS) is 15.4. The summed E-state index contributed by atoms with van der Waals surface area (Å²) in [6.45, 7) is 4.41. The van der Waals surface area contributed by atoms with Gasteiger partial charge in [-0.25, -0.2) is 9.97 Å². The summed E-state index contributed by atoms with van der Waals surface area (Å²) in [5.41, 5.74) is 2.07. The number of nitrogens with zero attached hydrogens (tertiary/aromatic N) is 4. The van der Waals surface area contributed by atoms with Crippen molar-refractivity contribution in [3.05, 3.63) is 53.9 Å². The van der Waals surface area contributed by atoms with Crippen molar-refractivity contribution in [1.82, 2.24) is 14.9 Å². The molecule has 5 heteroatoms. The van der Waals surface area contributed by atoms with Gasteiger partial charge in [-0.15, -0.1) is 0 Å². The zero-order chi connectivity index (χ0) is 14.7. The van der Waals surface area contributed by atoms with Crippen molar-refractivity contribution in [2.24, 2.45) is 0 Å². The summed E-state index contributed by atoms with van der Waals surface area (Å²) >= 11 is 0. The second-order valence-corrected chi connectivity index (χ2v) is 5.22. The van der Waals surface area contributed by atoms with Crippen molar-refractivity contribution < 1.29 is 4.79 Å². The molecule has 2 aromatic rings. The number of piperazine rings is 1. The Morgan fingerprint density at radius 1 is 1.14 bits per heavy atom. The molecule has 0 radical (unpaired) electrons. The fourth-order valence-corrected chi connectivity index (χ4v) is 2.44. The first kappa shape index (κ1) is 13.5. The molecule has 0 atom stereocenters. The highest BCUT2D eigenvalue weighted by Gasteiger charge is 2.25. The zero-order valence-electron chi connectivity index (χ0n) is 12.1. The van der Waals surface area contributed by atoms with Crippen molar-refractivity contribution in [3.63, 3.8) is 0 Å². The van der Waals surface area contributed by atoms with Crippen LogP contribution in [0.4, 0.5) is 5.95 Å². The number of carbonyl (C=O) groups excluding carboxylic acids is 1. The molecule has 1 fully saturated rings. The third-order valence-corrected chi connectivity index (χ3v) is 3.60. The van der Waals surface area contributed by atoms with Gasteiger partial charge in [0.15, 0.2) is 0 Å². The number of aromatic nitrogens is 2. The fraction of sp³-hybridized carbons (Fsp3) is 0.312. The number of anilines is 1. The first-order chi connectivity index (χ1) is 10.2. The Balaban J connectivity index is 1.66. The van der Waals surface area contributed by atoms with Gasteiger partial charge in [0, 0.05) is 31.5 Å². The van der Waals surface area contributed by atoms with Gasteiger partial charge in [-0.1, -0.05) is 30.3 Å². The van der Waals surface area contributed by atoms with Crippen LogP contribution in [0.2, 0.25) is 0 Å². The molecule has 2 heterocycles. The largest absolute Gasteiger partial charge is 0.335 e. The molecule has 108 valence electrons. The number of aryl methyl sites for hydroxylation is 1. The summed E-state index contributed by atoms with van der Waals surface area (Å²) in [7, 11) is 0. The average molecular weight is 282 g/mol. The summed E-state index contributed by atoms with van der Waals surface area (Å²) in [6.07, 6.45) is 1.73. The highest BCUT2D eigenvalue weighted by Crippen LogP contribution is 2.14. The van der Waals surface area contributed by atoms with E-state index in [-0.39, 0.29) is 5.91 Å². The van der Waals surface area contributed by atoms with Crippen LogP contribution >= 0.6 is 0 Å². The molecular weight excluding hydrogens is 264 g/mol. The summed E-state index contributed by atoms with van der Waals surface area (Å²) in [6, 6.07) is 11.9. The molecule has 0 N–H and O–H groups in total. The van der Waals surface area contributed by atoms with E-state index in [0.29, 0.717) is 25.6 Å². The van der Waals surface area contributed by atoms with E-state index in [1.807, 2.05) is 53.1 Å². The van der Waals surface area contributed by atoms with Crippen molar-refractivity contribution in [2.75, 3.05) is 24.5 Å². The van der Waals surface area contributed by atoms with Crippen LogP contribution < -0.4 is 4.90 Å². The smallest absolute Gasteiger partial charge is 0.242 e. The van der Waals surface area contributed by atoms with E-state index in [9.17, 15) is 4.79 Å². The maximum absolute atomic E-state index is 12.3. The topological polar surface area (TPSA) is 49.3 Å². The van der Waals surface area contributed by atoms with E-state index in [0.717, 1.165) is 17.8 Å². The molecule has 21 heavy (non-hydrogen) atoms. The minimum Gasteiger partial charge on any atom is -0.335 e. The van der Waals surface area contributed by atoms with E-state index in [1.165, 1.54) is 0 Å². The lowest BCUT2D eigenvalue weighted by Gasteiger charge is -2.34. The Labute approximate surface area is 124 Å². The van der Waals surface area contributed by atoms with Crippen LogP contribution in [0.25, 0.3) is 0 Å². The van der Waals surface area contributed by atoms with Crippen molar-refractivity contribution in [3.8, 4) is 0 Å². The summed E-state index contributed by atoms with van der Waals surface area (Å²) in [5, 5.41) is 0. The maximum Gasteiger partial charge on any atom is 0.242 e. The lowest BCUT2D eigenvalue weighted by molar-refractivity contribution is -0.131. The standard InChI is InChI=1S/C16H18N4O/c1-13-7-8-17-16(18-13)20-10-9-19(15(21)12-20)11-14-5-3-2-4-6-14/h2-8H,9-12H2,1H3. The van der Waals surface area contributed by atoms with E-state index in [1.54, 1.807) is 6.20 Å². The van der Waals surface area contributed by atoms with Crippen LogP contribution in [0.3, 0.4) is 0 Å². The van der Waals surface area contributed by atoms with Gasteiger partial charge in [0.05, 0.1) is 0 Å². The van der Waals surface area contributed by atoms with Crippen LogP contribution in [-0.4, -0.2) is 40.4 Å². The SMILES string of the molecule is Cc1ccnc(N2CCN(Cc3ccccc3)C(=O)C2)n1. The maximum atomic E-state index is 12.3. The molecule has 0 aliphatic carbocycles. The number of carbonyl (C=O) groups is 1. The second-order valence-electron chi connectivity index (χ2n) is 5.22. The molecule has 0 spiro atoms. The summed E-state index contributed by atoms with van der Waals surface area (Å²) < 4.78 is 0. The highest BCUT2D eigenvalue weighted by molar-refractivity contribution is 5.82. The van der Waals surface area contributed by atoms with Gasteiger partial charge in [0.2, 0.25) is 11.9 Å². The molecule has 1 amide bonds. The summed E-state index contributed by atoms with van der Waals surface area (Å²) in [4.78, 5) is 24.8.